The molecule has 1 unspecified atom stereocenters. The van der Waals surface area contributed by atoms with Gasteiger partial charge in [0.05, 0.1) is 12.5 Å². The van der Waals surface area contributed by atoms with Gasteiger partial charge >= 0.3 is 5.97 Å². The Bertz CT molecular complexity index is 389. The lowest BCUT2D eigenvalue weighted by molar-refractivity contribution is -0.136. The van der Waals surface area contributed by atoms with Crippen LogP contribution >= 0.6 is 11.3 Å². The Balaban J connectivity index is 2.46. The average Bonchev–Trinajstić information content (AvgIpc) is 2.60. The highest BCUT2D eigenvalue weighted by molar-refractivity contribution is 7.12. The van der Waals surface area contributed by atoms with Crippen LogP contribution in [-0.2, 0) is 22.6 Å². The van der Waals surface area contributed by atoms with Gasteiger partial charge in [-0.25, -0.2) is 0 Å². The first-order chi connectivity index (χ1) is 7.49. The lowest BCUT2D eigenvalue weighted by Gasteiger charge is -2.07. The molecule has 88 valence electrons. The Morgan fingerprint density at radius 1 is 1.50 bits per heavy atom. The third-order valence-corrected chi connectivity index (χ3v) is 3.14. The van der Waals surface area contributed by atoms with Crippen LogP contribution in [-0.4, -0.2) is 23.0 Å². The molecule has 0 saturated carbocycles. The summed E-state index contributed by atoms with van der Waals surface area (Å²) < 4.78 is 0. The number of rotatable bonds is 6. The zero-order chi connectivity index (χ0) is 12.1. The highest BCUT2D eigenvalue weighted by Crippen LogP contribution is 2.16. The van der Waals surface area contributed by atoms with Crippen molar-refractivity contribution in [3.63, 3.8) is 0 Å². The van der Waals surface area contributed by atoms with Gasteiger partial charge in [0.2, 0.25) is 5.91 Å². The Labute approximate surface area is 97.3 Å². The summed E-state index contributed by atoms with van der Waals surface area (Å²) in [7, 11) is 0. The summed E-state index contributed by atoms with van der Waals surface area (Å²) in [6, 6.07) is 3.25. The van der Waals surface area contributed by atoms with Crippen LogP contribution in [0.15, 0.2) is 12.1 Å². The summed E-state index contributed by atoms with van der Waals surface area (Å²) in [5.74, 6) is -1.24. The highest BCUT2D eigenvalue weighted by atomic mass is 32.1. The molecule has 0 saturated heterocycles. The van der Waals surface area contributed by atoms with Crippen LogP contribution in [0.25, 0.3) is 0 Å². The topological polar surface area (TPSA) is 92.4 Å². The Kier molecular flexibility index (Phi) is 4.45. The first kappa shape index (κ1) is 12.7. The molecule has 1 atom stereocenters. The minimum atomic E-state index is -0.841. The normalized spacial score (nSPS) is 12.3. The van der Waals surface area contributed by atoms with Gasteiger partial charge in [0, 0.05) is 16.3 Å². The second-order valence-corrected chi connectivity index (χ2v) is 4.70. The summed E-state index contributed by atoms with van der Waals surface area (Å²) in [5, 5.41) is 11.6. The maximum Gasteiger partial charge on any atom is 0.308 e. The van der Waals surface area contributed by atoms with Gasteiger partial charge in [0.15, 0.2) is 0 Å². The lowest BCUT2D eigenvalue weighted by atomic mass is 10.3. The SMILES string of the molecule is CC(NCc1ccc(CC(=O)O)s1)C(N)=O. The molecule has 5 nitrogen and oxygen atoms in total. The molecular formula is C10H14N2O3S. The standard InChI is InChI=1S/C10H14N2O3S/c1-6(10(11)15)12-5-8-3-2-7(16-8)4-9(13)14/h2-3,6,12H,4-5H2,1H3,(H2,11,15)(H,13,14). The predicted molar refractivity (Wildman–Crippen MR) is 61.2 cm³/mol. The molecule has 1 amide bonds. The third kappa shape index (κ3) is 4.00. The summed E-state index contributed by atoms with van der Waals surface area (Å²) in [5.41, 5.74) is 5.10. The second-order valence-electron chi connectivity index (χ2n) is 3.44. The number of carbonyl (C=O) groups is 2. The van der Waals surface area contributed by atoms with E-state index < -0.39 is 11.9 Å². The molecule has 0 bridgehead atoms. The van der Waals surface area contributed by atoms with E-state index in [-0.39, 0.29) is 12.5 Å². The smallest absolute Gasteiger partial charge is 0.308 e. The molecular weight excluding hydrogens is 228 g/mol. The van der Waals surface area contributed by atoms with Crippen molar-refractivity contribution < 1.29 is 14.7 Å². The molecule has 1 rings (SSSR count). The van der Waals surface area contributed by atoms with E-state index in [0.29, 0.717) is 6.54 Å². The Morgan fingerprint density at radius 3 is 2.69 bits per heavy atom. The molecule has 0 aliphatic carbocycles. The fourth-order valence-electron chi connectivity index (χ4n) is 1.12. The summed E-state index contributed by atoms with van der Waals surface area (Å²) >= 11 is 1.42. The van der Waals surface area contributed by atoms with Gasteiger partial charge in [-0.1, -0.05) is 0 Å². The maximum absolute atomic E-state index is 10.8. The number of carboxylic acid groups (broad SMARTS) is 1. The van der Waals surface area contributed by atoms with E-state index in [4.69, 9.17) is 10.8 Å². The van der Waals surface area contributed by atoms with Crippen LogP contribution in [0, 0.1) is 0 Å². The fourth-order valence-corrected chi connectivity index (χ4v) is 2.08. The number of aliphatic carboxylic acids is 1. The number of primary amides is 1. The molecule has 1 aromatic heterocycles. The molecule has 1 heterocycles. The molecule has 0 aromatic carbocycles. The minimum absolute atomic E-state index is 0.0377. The zero-order valence-corrected chi connectivity index (χ0v) is 9.71. The van der Waals surface area contributed by atoms with Crippen LogP contribution in [0.3, 0.4) is 0 Å². The van der Waals surface area contributed by atoms with E-state index in [0.717, 1.165) is 9.75 Å². The van der Waals surface area contributed by atoms with Crippen molar-refractivity contribution >= 4 is 23.2 Å². The van der Waals surface area contributed by atoms with Gasteiger partial charge in [-0.2, -0.15) is 0 Å². The summed E-state index contributed by atoms with van der Waals surface area (Å²) in [6.07, 6.45) is 0.0377. The monoisotopic (exact) mass is 242 g/mol. The van der Waals surface area contributed by atoms with Crippen molar-refractivity contribution in [2.24, 2.45) is 5.73 Å². The van der Waals surface area contributed by atoms with E-state index in [1.54, 1.807) is 13.0 Å². The zero-order valence-electron chi connectivity index (χ0n) is 8.90. The van der Waals surface area contributed by atoms with Crippen molar-refractivity contribution in [1.82, 2.24) is 5.32 Å². The second kappa shape index (κ2) is 5.62. The van der Waals surface area contributed by atoms with Gasteiger partial charge in [-0.15, -0.1) is 11.3 Å². The van der Waals surface area contributed by atoms with E-state index in [1.165, 1.54) is 11.3 Å². The first-order valence-electron chi connectivity index (χ1n) is 4.81. The van der Waals surface area contributed by atoms with Crippen molar-refractivity contribution in [3.8, 4) is 0 Å². The molecule has 16 heavy (non-hydrogen) atoms. The third-order valence-electron chi connectivity index (χ3n) is 2.05. The van der Waals surface area contributed by atoms with Crippen molar-refractivity contribution in [1.29, 1.82) is 0 Å². The van der Waals surface area contributed by atoms with Crippen LogP contribution in [0.5, 0.6) is 0 Å². The van der Waals surface area contributed by atoms with E-state index in [9.17, 15) is 9.59 Å². The van der Waals surface area contributed by atoms with Crippen molar-refractivity contribution in [2.75, 3.05) is 0 Å². The molecule has 6 heteroatoms. The number of thiophene rings is 1. The highest BCUT2D eigenvalue weighted by Gasteiger charge is 2.09. The molecule has 4 N–H and O–H groups in total. The Morgan fingerprint density at radius 2 is 2.12 bits per heavy atom. The molecule has 0 aliphatic heterocycles. The fraction of sp³-hybridized carbons (Fsp3) is 0.400. The summed E-state index contributed by atoms with van der Waals surface area (Å²) in [6.45, 7) is 2.21. The van der Waals surface area contributed by atoms with Crippen molar-refractivity contribution in [3.05, 3.63) is 21.9 Å². The number of nitrogens with one attached hydrogen (secondary N) is 1. The van der Waals surface area contributed by atoms with Crippen molar-refractivity contribution in [2.45, 2.75) is 25.9 Å². The van der Waals surface area contributed by atoms with Crippen LogP contribution in [0.2, 0.25) is 0 Å². The lowest BCUT2D eigenvalue weighted by Crippen LogP contribution is -2.38. The van der Waals surface area contributed by atoms with Crippen LogP contribution in [0.1, 0.15) is 16.7 Å². The van der Waals surface area contributed by atoms with Crippen LogP contribution < -0.4 is 11.1 Å². The molecule has 0 fully saturated rings. The molecule has 0 aliphatic rings. The van der Waals surface area contributed by atoms with E-state index in [1.807, 2.05) is 6.07 Å². The number of nitrogens with two attached hydrogens (primary N) is 1. The molecule has 0 radical (unpaired) electrons. The molecule has 1 aromatic rings. The number of hydrogen-bond donors (Lipinski definition) is 3. The van der Waals surface area contributed by atoms with Gasteiger partial charge in [0.25, 0.3) is 0 Å². The van der Waals surface area contributed by atoms with Gasteiger partial charge < -0.3 is 16.2 Å². The number of carboxylic acids is 1. The summed E-state index contributed by atoms with van der Waals surface area (Å²) in [4.78, 5) is 23.0. The largest absolute Gasteiger partial charge is 0.481 e. The minimum Gasteiger partial charge on any atom is -0.481 e. The van der Waals surface area contributed by atoms with Gasteiger partial charge in [-0.05, 0) is 19.1 Å². The van der Waals surface area contributed by atoms with Gasteiger partial charge in [0.1, 0.15) is 0 Å². The average molecular weight is 242 g/mol. The first-order valence-corrected chi connectivity index (χ1v) is 5.62. The van der Waals surface area contributed by atoms with E-state index >= 15 is 0 Å². The quantitative estimate of drug-likeness (QED) is 0.670. The predicted octanol–water partition coefficient (Wildman–Crippen LogP) is 0.339. The van der Waals surface area contributed by atoms with Gasteiger partial charge in [-0.3, -0.25) is 9.59 Å². The number of amides is 1. The Hall–Kier alpha value is -1.40. The number of carbonyl (C=O) groups excluding carboxylic acids is 1. The molecule has 0 spiro atoms. The van der Waals surface area contributed by atoms with Crippen LogP contribution in [0.4, 0.5) is 0 Å². The van der Waals surface area contributed by atoms with E-state index in [2.05, 4.69) is 5.32 Å². The number of hydrogen-bond acceptors (Lipinski definition) is 4. The maximum atomic E-state index is 10.8.